The third-order valence-electron chi connectivity index (χ3n) is 3.49. The number of alkyl halides is 3. The quantitative estimate of drug-likeness (QED) is 0.562. The molecule has 1 aromatic carbocycles. The van der Waals surface area contributed by atoms with Gasteiger partial charge in [0.1, 0.15) is 17.6 Å². The second kappa shape index (κ2) is 6.90. The Hall–Kier alpha value is -1.70. The summed E-state index contributed by atoms with van der Waals surface area (Å²) in [5, 5.41) is 8.93. The molecule has 1 unspecified atom stereocenters. The molecule has 0 aliphatic heterocycles. The first-order chi connectivity index (χ1) is 11.7. The second-order valence-electron chi connectivity index (χ2n) is 5.34. The Labute approximate surface area is 156 Å². The van der Waals surface area contributed by atoms with E-state index in [4.69, 9.17) is 23.2 Å². The number of aryl methyl sites for hydroxylation is 1. The number of hydrogen-bond acceptors (Lipinski definition) is 3. The highest BCUT2D eigenvalue weighted by Gasteiger charge is 2.41. The normalized spacial score (nSPS) is 13.0. The van der Waals surface area contributed by atoms with Gasteiger partial charge < -0.3 is 5.32 Å². The maximum atomic E-state index is 13.6. The average molecular weight is 406 g/mol. The first-order valence-corrected chi connectivity index (χ1v) is 8.75. The van der Waals surface area contributed by atoms with Gasteiger partial charge in [0.2, 0.25) is 0 Å². The molecule has 0 aliphatic carbocycles. The van der Waals surface area contributed by atoms with E-state index in [9.17, 15) is 13.2 Å². The number of thiophene rings is 1. The molecule has 3 rings (SSSR count). The molecule has 3 aromatic rings. The van der Waals surface area contributed by atoms with Gasteiger partial charge in [-0.1, -0.05) is 29.3 Å². The van der Waals surface area contributed by atoms with Crippen LogP contribution in [0.1, 0.15) is 11.6 Å². The number of halogens is 5. The Morgan fingerprint density at radius 2 is 1.84 bits per heavy atom. The summed E-state index contributed by atoms with van der Waals surface area (Å²) in [4.78, 5) is 0.873. The van der Waals surface area contributed by atoms with Gasteiger partial charge in [0.25, 0.3) is 0 Å². The molecule has 25 heavy (non-hydrogen) atoms. The summed E-state index contributed by atoms with van der Waals surface area (Å²) in [6, 6.07) is 7.21. The topological polar surface area (TPSA) is 29.9 Å². The number of rotatable bonds is 4. The third kappa shape index (κ3) is 4.11. The number of anilines is 1. The van der Waals surface area contributed by atoms with Crippen LogP contribution in [0.3, 0.4) is 0 Å². The fraction of sp³-hybridized carbons (Fsp3) is 0.188. The lowest BCUT2D eigenvalue weighted by molar-refractivity contribution is -0.144. The minimum atomic E-state index is -4.54. The first kappa shape index (κ1) is 18.1. The fourth-order valence-electron chi connectivity index (χ4n) is 2.39. The molecule has 0 saturated carbocycles. The van der Waals surface area contributed by atoms with Crippen LogP contribution in [-0.4, -0.2) is 16.0 Å². The molecule has 0 radical (unpaired) electrons. The van der Waals surface area contributed by atoms with Gasteiger partial charge in [0.15, 0.2) is 0 Å². The van der Waals surface area contributed by atoms with E-state index in [1.165, 1.54) is 34.2 Å². The maximum absolute atomic E-state index is 13.6. The lowest BCUT2D eigenvalue weighted by Crippen LogP contribution is -2.28. The number of aromatic nitrogens is 2. The number of nitrogens with zero attached hydrogens (tertiary/aromatic N) is 2. The molecule has 2 aromatic heterocycles. The van der Waals surface area contributed by atoms with Gasteiger partial charge in [-0.2, -0.15) is 18.3 Å². The van der Waals surface area contributed by atoms with Crippen molar-refractivity contribution in [2.24, 2.45) is 7.05 Å². The van der Waals surface area contributed by atoms with Crippen LogP contribution >= 0.6 is 34.5 Å². The van der Waals surface area contributed by atoms with Crippen LogP contribution in [0.5, 0.6) is 0 Å². The molecule has 132 valence electrons. The molecule has 0 fully saturated rings. The summed E-state index contributed by atoms with van der Waals surface area (Å²) in [5.74, 6) is 0.238. The lowest BCUT2D eigenvalue weighted by Gasteiger charge is -2.23. The van der Waals surface area contributed by atoms with Gasteiger partial charge in [-0.15, -0.1) is 11.3 Å². The van der Waals surface area contributed by atoms with Crippen LogP contribution < -0.4 is 5.32 Å². The molecule has 0 amide bonds. The van der Waals surface area contributed by atoms with Crippen LogP contribution in [0.25, 0.3) is 10.6 Å². The average Bonchev–Trinajstić information content (AvgIpc) is 3.12. The van der Waals surface area contributed by atoms with Gasteiger partial charge in [-0.25, -0.2) is 0 Å². The smallest absolute Gasteiger partial charge is 0.355 e. The molecule has 0 bridgehead atoms. The van der Waals surface area contributed by atoms with Crippen molar-refractivity contribution in [3.63, 3.8) is 0 Å². The van der Waals surface area contributed by atoms with Crippen LogP contribution in [0.2, 0.25) is 10.0 Å². The predicted octanol–water partition coefficient (Wildman–Crippen LogP) is 6.17. The standard InChI is InChI=1S/C16H12Cl2F3N3S/c1-24-14(8-12(23-24)13-3-2-4-25-13)22-15(16(19,20)21)9-5-10(17)7-11(18)6-9/h2-8,15,22H,1H3. The Balaban J connectivity index is 1.97. The van der Waals surface area contributed by atoms with Gasteiger partial charge in [-0.3, -0.25) is 4.68 Å². The maximum Gasteiger partial charge on any atom is 0.412 e. The van der Waals surface area contributed by atoms with Crippen molar-refractivity contribution in [1.82, 2.24) is 9.78 Å². The predicted molar refractivity (Wildman–Crippen MR) is 95.4 cm³/mol. The Kier molecular flexibility index (Phi) is 4.99. The van der Waals surface area contributed by atoms with E-state index in [0.717, 1.165) is 4.88 Å². The van der Waals surface area contributed by atoms with E-state index in [-0.39, 0.29) is 21.4 Å². The van der Waals surface area contributed by atoms with Gasteiger partial charge in [-0.05, 0) is 35.2 Å². The molecule has 9 heteroatoms. The minimum Gasteiger partial charge on any atom is -0.355 e. The lowest BCUT2D eigenvalue weighted by atomic mass is 10.1. The van der Waals surface area contributed by atoms with Gasteiger partial charge in [0, 0.05) is 23.2 Å². The zero-order valence-corrected chi connectivity index (χ0v) is 15.1. The summed E-state index contributed by atoms with van der Waals surface area (Å²) in [6.45, 7) is 0. The SMILES string of the molecule is Cn1nc(-c2cccs2)cc1NC(c1cc(Cl)cc(Cl)c1)C(F)(F)F. The zero-order valence-electron chi connectivity index (χ0n) is 12.8. The van der Waals surface area contributed by atoms with Crippen LogP contribution in [0.4, 0.5) is 19.0 Å². The summed E-state index contributed by atoms with van der Waals surface area (Å²) < 4.78 is 42.1. The molecule has 1 atom stereocenters. The van der Waals surface area contributed by atoms with Gasteiger partial charge in [0.05, 0.1) is 4.88 Å². The monoisotopic (exact) mass is 405 g/mol. The zero-order chi connectivity index (χ0) is 18.2. The molecule has 1 N–H and O–H groups in total. The number of benzene rings is 1. The van der Waals surface area contributed by atoms with Crippen molar-refractivity contribution < 1.29 is 13.2 Å². The van der Waals surface area contributed by atoms with E-state index in [1.54, 1.807) is 13.1 Å². The summed E-state index contributed by atoms with van der Waals surface area (Å²) in [5.41, 5.74) is 0.536. The fourth-order valence-corrected chi connectivity index (χ4v) is 3.62. The highest BCUT2D eigenvalue weighted by atomic mass is 35.5. The van der Waals surface area contributed by atoms with Gasteiger partial charge >= 0.3 is 6.18 Å². The van der Waals surface area contributed by atoms with Crippen molar-refractivity contribution in [3.05, 3.63) is 57.4 Å². The highest BCUT2D eigenvalue weighted by molar-refractivity contribution is 7.13. The van der Waals surface area contributed by atoms with Crippen LogP contribution in [-0.2, 0) is 7.05 Å². The summed E-state index contributed by atoms with van der Waals surface area (Å²) in [6.07, 6.45) is -4.54. The molecule has 0 saturated heterocycles. The number of hydrogen-bond donors (Lipinski definition) is 1. The van der Waals surface area contributed by atoms with E-state index in [1.807, 2.05) is 17.5 Å². The largest absolute Gasteiger partial charge is 0.412 e. The molecule has 3 nitrogen and oxygen atoms in total. The second-order valence-corrected chi connectivity index (χ2v) is 7.16. The first-order valence-electron chi connectivity index (χ1n) is 7.11. The molecule has 0 aliphatic rings. The Morgan fingerprint density at radius 3 is 2.40 bits per heavy atom. The van der Waals surface area contributed by atoms with Crippen molar-refractivity contribution in [2.75, 3.05) is 5.32 Å². The number of nitrogens with one attached hydrogen (secondary N) is 1. The molecule has 2 heterocycles. The minimum absolute atomic E-state index is 0.0659. The molecular formula is C16H12Cl2F3N3S. The van der Waals surface area contributed by atoms with Crippen LogP contribution in [0, 0.1) is 0 Å². The van der Waals surface area contributed by atoms with Crippen molar-refractivity contribution in [2.45, 2.75) is 12.2 Å². The van der Waals surface area contributed by atoms with E-state index in [0.29, 0.717) is 5.69 Å². The Bertz CT molecular complexity index is 855. The summed E-state index contributed by atoms with van der Waals surface area (Å²) >= 11 is 13.2. The van der Waals surface area contributed by atoms with E-state index >= 15 is 0 Å². The van der Waals surface area contributed by atoms with Crippen molar-refractivity contribution >= 4 is 40.4 Å². The van der Waals surface area contributed by atoms with E-state index in [2.05, 4.69) is 10.4 Å². The van der Waals surface area contributed by atoms with Crippen molar-refractivity contribution in [1.29, 1.82) is 0 Å². The molecule has 0 spiro atoms. The third-order valence-corrected chi connectivity index (χ3v) is 4.82. The van der Waals surface area contributed by atoms with E-state index < -0.39 is 12.2 Å². The molecular weight excluding hydrogens is 394 g/mol. The summed E-state index contributed by atoms with van der Waals surface area (Å²) in [7, 11) is 1.58. The highest BCUT2D eigenvalue weighted by Crippen LogP contribution is 2.38. The Morgan fingerprint density at radius 1 is 1.16 bits per heavy atom. The van der Waals surface area contributed by atoms with Crippen LogP contribution in [0.15, 0.2) is 41.8 Å². The van der Waals surface area contributed by atoms with Crippen molar-refractivity contribution in [3.8, 4) is 10.6 Å².